The van der Waals surface area contributed by atoms with Crippen molar-refractivity contribution >= 4 is 0 Å². The van der Waals surface area contributed by atoms with Gasteiger partial charge in [-0.1, -0.05) is 74.9 Å². The lowest BCUT2D eigenvalue weighted by Gasteiger charge is -2.55. The van der Waals surface area contributed by atoms with E-state index in [9.17, 15) is 0 Å². The SMILES string of the molecule is CC(C)(C1Oc2ccccc2CN1C1CCCCC1)C1Oc2ccccc2CN1C1CCCCC1. The summed E-state index contributed by atoms with van der Waals surface area (Å²) >= 11 is 0. The van der Waals surface area contributed by atoms with Crippen molar-refractivity contribution in [2.75, 3.05) is 0 Å². The zero-order valence-electron chi connectivity index (χ0n) is 21.6. The quantitative estimate of drug-likeness (QED) is 0.471. The van der Waals surface area contributed by atoms with Crippen molar-refractivity contribution in [1.82, 2.24) is 9.80 Å². The first kappa shape index (κ1) is 23.4. The zero-order valence-corrected chi connectivity index (χ0v) is 21.6. The fourth-order valence-corrected chi connectivity index (χ4v) is 7.18. The molecule has 4 aliphatic rings. The third-order valence-corrected chi connectivity index (χ3v) is 9.09. The second kappa shape index (κ2) is 9.78. The Balaban J connectivity index is 1.37. The Morgan fingerprint density at radius 3 is 1.43 bits per heavy atom. The molecule has 0 bridgehead atoms. The molecule has 2 atom stereocenters. The van der Waals surface area contributed by atoms with Crippen LogP contribution >= 0.6 is 0 Å². The number of nitrogens with zero attached hydrogens (tertiary/aromatic N) is 2. The molecule has 2 heterocycles. The fraction of sp³-hybridized carbons (Fsp3) is 0.613. The lowest BCUT2D eigenvalue weighted by molar-refractivity contribution is -0.189. The van der Waals surface area contributed by atoms with Gasteiger partial charge in [0.1, 0.15) is 11.5 Å². The first-order valence-corrected chi connectivity index (χ1v) is 14.1. The van der Waals surface area contributed by atoms with Crippen molar-refractivity contribution in [3.05, 3.63) is 59.7 Å². The molecule has 0 saturated heterocycles. The minimum absolute atomic E-state index is 0.0122. The Bertz CT molecular complexity index is 929. The Morgan fingerprint density at radius 1 is 0.600 bits per heavy atom. The number of hydrogen-bond donors (Lipinski definition) is 0. The minimum atomic E-state index is -0.212. The summed E-state index contributed by atoms with van der Waals surface area (Å²) in [4.78, 5) is 5.40. The van der Waals surface area contributed by atoms with E-state index < -0.39 is 0 Å². The average Bonchev–Trinajstić information content (AvgIpc) is 2.92. The molecule has 2 aromatic carbocycles. The molecule has 35 heavy (non-hydrogen) atoms. The Kier molecular flexibility index (Phi) is 6.53. The van der Waals surface area contributed by atoms with Gasteiger partial charge in [-0.15, -0.1) is 0 Å². The molecule has 188 valence electrons. The molecular formula is C31H42N2O2. The van der Waals surface area contributed by atoms with Crippen LogP contribution < -0.4 is 9.47 Å². The van der Waals surface area contributed by atoms with Crippen molar-refractivity contribution in [2.24, 2.45) is 5.41 Å². The number of hydrogen-bond acceptors (Lipinski definition) is 4. The van der Waals surface area contributed by atoms with Gasteiger partial charge in [-0.05, 0) is 51.7 Å². The van der Waals surface area contributed by atoms with E-state index in [1.165, 1.54) is 75.3 Å². The third-order valence-electron chi connectivity index (χ3n) is 9.09. The second-order valence-electron chi connectivity index (χ2n) is 11.9. The van der Waals surface area contributed by atoms with Gasteiger partial charge in [0, 0.05) is 36.3 Å². The van der Waals surface area contributed by atoms with Crippen LogP contribution in [-0.2, 0) is 13.1 Å². The van der Waals surface area contributed by atoms with E-state index >= 15 is 0 Å². The van der Waals surface area contributed by atoms with Crippen LogP contribution in [0.5, 0.6) is 11.5 Å². The average molecular weight is 475 g/mol. The van der Waals surface area contributed by atoms with Gasteiger partial charge < -0.3 is 9.47 Å². The van der Waals surface area contributed by atoms with Crippen LogP contribution in [0.2, 0.25) is 0 Å². The van der Waals surface area contributed by atoms with Crippen LogP contribution in [0.1, 0.15) is 89.2 Å². The molecule has 2 aliphatic heterocycles. The molecule has 2 aliphatic carbocycles. The van der Waals surface area contributed by atoms with Crippen LogP contribution in [-0.4, -0.2) is 34.3 Å². The summed E-state index contributed by atoms with van der Waals surface area (Å²) in [7, 11) is 0. The summed E-state index contributed by atoms with van der Waals surface area (Å²) in [6, 6.07) is 18.5. The normalized spacial score (nSPS) is 26.9. The molecule has 2 fully saturated rings. The number of para-hydroxylation sites is 2. The molecular weight excluding hydrogens is 432 g/mol. The number of ether oxygens (including phenoxy) is 2. The third kappa shape index (κ3) is 4.49. The monoisotopic (exact) mass is 474 g/mol. The van der Waals surface area contributed by atoms with E-state index in [4.69, 9.17) is 9.47 Å². The second-order valence-corrected chi connectivity index (χ2v) is 11.9. The number of benzene rings is 2. The molecule has 4 nitrogen and oxygen atoms in total. The highest BCUT2D eigenvalue weighted by molar-refractivity contribution is 5.37. The summed E-state index contributed by atoms with van der Waals surface area (Å²) in [5.74, 6) is 2.11. The van der Waals surface area contributed by atoms with E-state index in [1.807, 2.05) is 0 Å². The van der Waals surface area contributed by atoms with E-state index in [1.54, 1.807) is 0 Å². The highest BCUT2D eigenvalue weighted by Crippen LogP contribution is 2.46. The maximum atomic E-state index is 6.96. The minimum Gasteiger partial charge on any atom is -0.474 e. The first-order chi connectivity index (χ1) is 17.1. The lowest BCUT2D eigenvalue weighted by atomic mass is 9.81. The standard InChI is InChI=1S/C31H42N2O2/c1-31(2,29-32(25-15-5-3-6-16-25)21-23-13-9-11-19-27(23)34-29)30-33(26-17-7-4-8-18-26)22-24-14-10-12-20-28(24)35-30/h9-14,19-20,25-26,29-30H,3-8,15-18,21-22H2,1-2H3. The van der Waals surface area contributed by atoms with Gasteiger partial charge in [0.15, 0.2) is 12.5 Å². The van der Waals surface area contributed by atoms with Crippen LogP contribution in [0.3, 0.4) is 0 Å². The molecule has 0 radical (unpaired) electrons. The lowest BCUT2D eigenvalue weighted by Crippen LogP contribution is -2.65. The van der Waals surface area contributed by atoms with Gasteiger partial charge in [0.2, 0.25) is 0 Å². The van der Waals surface area contributed by atoms with Crippen molar-refractivity contribution in [2.45, 2.75) is 116 Å². The van der Waals surface area contributed by atoms with Gasteiger partial charge in [0.25, 0.3) is 0 Å². The molecule has 4 heteroatoms. The summed E-state index contributed by atoms with van der Waals surface area (Å²) in [6.07, 6.45) is 13.1. The smallest absolute Gasteiger partial charge is 0.163 e. The maximum Gasteiger partial charge on any atom is 0.163 e. The Hall–Kier alpha value is -2.04. The molecule has 2 unspecified atom stereocenters. The van der Waals surface area contributed by atoms with Gasteiger partial charge in [0.05, 0.1) is 5.41 Å². The Morgan fingerprint density at radius 2 is 1.00 bits per heavy atom. The molecule has 0 spiro atoms. The van der Waals surface area contributed by atoms with Crippen molar-refractivity contribution < 1.29 is 9.47 Å². The highest BCUT2D eigenvalue weighted by atomic mass is 16.5. The Labute approximate surface area is 211 Å². The fourth-order valence-electron chi connectivity index (χ4n) is 7.18. The van der Waals surface area contributed by atoms with Gasteiger partial charge in [-0.25, -0.2) is 0 Å². The van der Waals surface area contributed by atoms with Crippen LogP contribution in [0.15, 0.2) is 48.5 Å². The zero-order chi connectivity index (χ0) is 23.8. The van der Waals surface area contributed by atoms with Crippen molar-refractivity contribution in [1.29, 1.82) is 0 Å². The van der Waals surface area contributed by atoms with E-state index in [0.29, 0.717) is 12.1 Å². The highest BCUT2D eigenvalue weighted by Gasteiger charge is 2.52. The van der Waals surface area contributed by atoms with Crippen molar-refractivity contribution in [3.8, 4) is 11.5 Å². The number of fused-ring (bicyclic) bond motifs is 2. The summed E-state index contributed by atoms with van der Waals surface area (Å²) in [5, 5.41) is 0. The molecule has 0 N–H and O–H groups in total. The largest absolute Gasteiger partial charge is 0.474 e. The summed E-state index contributed by atoms with van der Waals surface area (Å²) in [6.45, 7) is 6.75. The molecule has 2 saturated carbocycles. The topological polar surface area (TPSA) is 24.9 Å². The van der Waals surface area contributed by atoms with E-state index in [2.05, 4.69) is 72.2 Å². The summed E-state index contributed by atoms with van der Waals surface area (Å²) < 4.78 is 13.9. The van der Waals surface area contributed by atoms with Crippen LogP contribution in [0, 0.1) is 5.41 Å². The van der Waals surface area contributed by atoms with Crippen LogP contribution in [0.4, 0.5) is 0 Å². The maximum absolute atomic E-state index is 6.96. The first-order valence-electron chi connectivity index (χ1n) is 14.1. The predicted octanol–water partition coefficient (Wildman–Crippen LogP) is 7.12. The molecule has 6 rings (SSSR count). The van der Waals surface area contributed by atoms with Gasteiger partial charge in [-0.3, -0.25) is 9.80 Å². The predicted molar refractivity (Wildman–Crippen MR) is 140 cm³/mol. The summed E-state index contributed by atoms with van der Waals surface area (Å²) in [5.41, 5.74) is 2.43. The van der Waals surface area contributed by atoms with Gasteiger partial charge in [-0.2, -0.15) is 0 Å². The van der Waals surface area contributed by atoms with Crippen LogP contribution in [0.25, 0.3) is 0 Å². The van der Waals surface area contributed by atoms with Crippen molar-refractivity contribution in [3.63, 3.8) is 0 Å². The van der Waals surface area contributed by atoms with E-state index in [-0.39, 0.29) is 17.9 Å². The van der Waals surface area contributed by atoms with Gasteiger partial charge >= 0.3 is 0 Å². The molecule has 2 aromatic rings. The molecule has 0 amide bonds. The number of rotatable bonds is 4. The van der Waals surface area contributed by atoms with E-state index in [0.717, 1.165) is 24.6 Å². The molecule has 0 aromatic heterocycles.